The summed E-state index contributed by atoms with van der Waals surface area (Å²) in [6.45, 7) is 5.40. The molecule has 0 radical (unpaired) electrons. The van der Waals surface area contributed by atoms with Crippen LogP contribution >= 0.6 is 0 Å². The standard InChI is InChI=1S/C13H17N3/c1-10(2)7-15-12-5-3-11(4-6-12)13-8-14-9-16-13/h3-6,8-10,15H,7H2,1-2H3,(H,14,16). The van der Waals surface area contributed by atoms with E-state index < -0.39 is 0 Å². The van der Waals surface area contributed by atoms with Gasteiger partial charge in [-0.05, 0) is 23.6 Å². The van der Waals surface area contributed by atoms with Gasteiger partial charge in [0.15, 0.2) is 0 Å². The highest BCUT2D eigenvalue weighted by Crippen LogP contribution is 2.18. The van der Waals surface area contributed by atoms with Gasteiger partial charge in [-0.1, -0.05) is 26.0 Å². The predicted molar refractivity (Wildman–Crippen MR) is 67.4 cm³/mol. The molecule has 0 fully saturated rings. The van der Waals surface area contributed by atoms with Gasteiger partial charge in [0.05, 0.1) is 18.2 Å². The molecule has 1 aromatic carbocycles. The van der Waals surface area contributed by atoms with Crippen molar-refractivity contribution in [1.29, 1.82) is 0 Å². The minimum Gasteiger partial charge on any atom is -0.385 e. The van der Waals surface area contributed by atoms with E-state index in [0.29, 0.717) is 5.92 Å². The lowest BCUT2D eigenvalue weighted by molar-refractivity contribution is 0.689. The summed E-state index contributed by atoms with van der Waals surface area (Å²) in [5.74, 6) is 0.660. The number of aromatic nitrogens is 2. The SMILES string of the molecule is CC(C)CNc1ccc(-c2cnc[nH]2)cc1. The number of anilines is 1. The summed E-state index contributed by atoms with van der Waals surface area (Å²) in [5, 5.41) is 3.39. The lowest BCUT2D eigenvalue weighted by Gasteiger charge is -2.09. The van der Waals surface area contributed by atoms with Crippen LogP contribution < -0.4 is 5.32 Å². The smallest absolute Gasteiger partial charge is 0.0924 e. The topological polar surface area (TPSA) is 40.7 Å². The second-order valence-corrected chi connectivity index (χ2v) is 4.32. The van der Waals surface area contributed by atoms with Crippen molar-refractivity contribution in [2.75, 3.05) is 11.9 Å². The number of imidazole rings is 1. The van der Waals surface area contributed by atoms with Crippen LogP contribution in [0.25, 0.3) is 11.3 Å². The van der Waals surface area contributed by atoms with Gasteiger partial charge < -0.3 is 10.3 Å². The monoisotopic (exact) mass is 215 g/mol. The van der Waals surface area contributed by atoms with E-state index in [4.69, 9.17) is 0 Å². The highest BCUT2D eigenvalue weighted by molar-refractivity contribution is 5.61. The highest BCUT2D eigenvalue weighted by atomic mass is 14.9. The van der Waals surface area contributed by atoms with E-state index >= 15 is 0 Å². The molecule has 3 nitrogen and oxygen atoms in total. The van der Waals surface area contributed by atoms with Gasteiger partial charge in [0.1, 0.15) is 0 Å². The van der Waals surface area contributed by atoms with Crippen LogP contribution in [0.15, 0.2) is 36.8 Å². The fourth-order valence-corrected chi connectivity index (χ4v) is 1.50. The van der Waals surface area contributed by atoms with Crippen molar-refractivity contribution in [3.8, 4) is 11.3 Å². The molecule has 0 bridgehead atoms. The van der Waals surface area contributed by atoms with Crippen LogP contribution in [0.1, 0.15) is 13.8 Å². The van der Waals surface area contributed by atoms with Crippen molar-refractivity contribution >= 4 is 5.69 Å². The second-order valence-electron chi connectivity index (χ2n) is 4.32. The molecule has 0 saturated carbocycles. The minimum absolute atomic E-state index is 0.660. The van der Waals surface area contributed by atoms with Crippen molar-refractivity contribution in [2.24, 2.45) is 5.92 Å². The largest absolute Gasteiger partial charge is 0.385 e. The average Bonchev–Trinajstić information content (AvgIpc) is 2.80. The molecule has 1 aromatic heterocycles. The summed E-state index contributed by atoms with van der Waals surface area (Å²) in [4.78, 5) is 7.10. The number of nitrogens with one attached hydrogen (secondary N) is 2. The summed E-state index contributed by atoms with van der Waals surface area (Å²) in [7, 11) is 0. The quantitative estimate of drug-likeness (QED) is 0.822. The Morgan fingerprint density at radius 1 is 1.25 bits per heavy atom. The molecule has 0 unspecified atom stereocenters. The Labute approximate surface area is 95.9 Å². The number of hydrogen-bond donors (Lipinski definition) is 2. The van der Waals surface area contributed by atoms with E-state index in [1.54, 1.807) is 6.33 Å². The zero-order chi connectivity index (χ0) is 11.4. The average molecular weight is 215 g/mol. The molecule has 0 saturated heterocycles. The molecule has 3 heteroatoms. The molecule has 2 aromatic rings. The Hall–Kier alpha value is -1.77. The van der Waals surface area contributed by atoms with E-state index in [0.717, 1.165) is 23.5 Å². The first kappa shape index (κ1) is 10.7. The van der Waals surface area contributed by atoms with Gasteiger partial charge in [-0.3, -0.25) is 0 Å². The van der Waals surface area contributed by atoms with E-state index in [9.17, 15) is 0 Å². The fraction of sp³-hybridized carbons (Fsp3) is 0.308. The number of aromatic amines is 1. The fourth-order valence-electron chi connectivity index (χ4n) is 1.50. The summed E-state index contributed by atoms with van der Waals surface area (Å²) in [6, 6.07) is 8.38. The van der Waals surface area contributed by atoms with Crippen LogP contribution in [0.2, 0.25) is 0 Å². The van der Waals surface area contributed by atoms with Crippen LogP contribution in [0, 0.1) is 5.92 Å². The molecule has 16 heavy (non-hydrogen) atoms. The highest BCUT2D eigenvalue weighted by Gasteiger charge is 1.99. The first-order valence-electron chi connectivity index (χ1n) is 5.58. The molecule has 0 amide bonds. The van der Waals surface area contributed by atoms with Crippen LogP contribution in [0.4, 0.5) is 5.69 Å². The number of hydrogen-bond acceptors (Lipinski definition) is 2. The van der Waals surface area contributed by atoms with Crippen LogP contribution in [-0.2, 0) is 0 Å². The van der Waals surface area contributed by atoms with Gasteiger partial charge >= 0.3 is 0 Å². The molecule has 0 aliphatic heterocycles. The van der Waals surface area contributed by atoms with E-state index in [1.807, 2.05) is 6.20 Å². The molecule has 0 spiro atoms. The van der Waals surface area contributed by atoms with Gasteiger partial charge in [0.2, 0.25) is 0 Å². The van der Waals surface area contributed by atoms with Crippen molar-refractivity contribution in [1.82, 2.24) is 9.97 Å². The molecule has 84 valence electrons. The third kappa shape index (κ3) is 2.63. The van der Waals surface area contributed by atoms with Crippen LogP contribution in [0.5, 0.6) is 0 Å². The van der Waals surface area contributed by atoms with Gasteiger partial charge in [0.25, 0.3) is 0 Å². The number of nitrogens with zero attached hydrogens (tertiary/aromatic N) is 1. The van der Waals surface area contributed by atoms with Crippen LogP contribution in [0.3, 0.4) is 0 Å². The maximum absolute atomic E-state index is 4.01. The first-order valence-corrected chi connectivity index (χ1v) is 5.58. The number of rotatable bonds is 4. The molecular formula is C13H17N3. The summed E-state index contributed by atoms with van der Waals surface area (Å²) in [5.41, 5.74) is 3.37. The van der Waals surface area contributed by atoms with Gasteiger partial charge in [-0.2, -0.15) is 0 Å². The molecule has 1 heterocycles. The third-order valence-corrected chi connectivity index (χ3v) is 2.41. The van der Waals surface area contributed by atoms with Gasteiger partial charge in [-0.25, -0.2) is 4.98 Å². The molecule has 0 aliphatic rings. The van der Waals surface area contributed by atoms with Crippen molar-refractivity contribution in [3.05, 3.63) is 36.8 Å². The zero-order valence-corrected chi connectivity index (χ0v) is 9.70. The maximum atomic E-state index is 4.01. The van der Waals surface area contributed by atoms with Crippen LogP contribution in [-0.4, -0.2) is 16.5 Å². The summed E-state index contributed by atoms with van der Waals surface area (Å²) >= 11 is 0. The Balaban J connectivity index is 2.05. The summed E-state index contributed by atoms with van der Waals surface area (Å²) in [6.07, 6.45) is 3.52. The van der Waals surface area contributed by atoms with E-state index in [-0.39, 0.29) is 0 Å². The Morgan fingerprint density at radius 2 is 2.00 bits per heavy atom. The maximum Gasteiger partial charge on any atom is 0.0924 e. The molecule has 0 aliphatic carbocycles. The lowest BCUT2D eigenvalue weighted by atomic mass is 10.1. The van der Waals surface area contributed by atoms with Crippen molar-refractivity contribution in [2.45, 2.75) is 13.8 Å². The molecular weight excluding hydrogens is 198 g/mol. The summed E-state index contributed by atoms with van der Waals surface area (Å²) < 4.78 is 0. The normalized spacial score (nSPS) is 10.7. The zero-order valence-electron chi connectivity index (χ0n) is 9.70. The predicted octanol–water partition coefficient (Wildman–Crippen LogP) is 3.14. The van der Waals surface area contributed by atoms with Crippen molar-refractivity contribution < 1.29 is 0 Å². The Kier molecular flexibility index (Phi) is 3.25. The number of H-pyrrole nitrogens is 1. The molecule has 2 rings (SSSR count). The van der Waals surface area contributed by atoms with E-state index in [1.165, 1.54) is 0 Å². The Bertz CT molecular complexity index is 415. The van der Waals surface area contributed by atoms with Crippen molar-refractivity contribution in [3.63, 3.8) is 0 Å². The molecule has 0 atom stereocenters. The third-order valence-electron chi connectivity index (χ3n) is 2.41. The lowest BCUT2D eigenvalue weighted by Crippen LogP contribution is -2.07. The number of benzene rings is 1. The van der Waals surface area contributed by atoms with E-state index in [2.05, 4.69) is 53.4 Å². The Morgan fingerprint density at radius 3 is 2.56 bits per heavy atom. The molecule has 2 N–H and O–H groups in total. The minimum atomic E-state index is 0.660. The second kappa shape index (κ2) is 4.84. The van der Waals surface area contributed by atoms with Gasteiger partial charge in [0, 0.05) is 12.2 Å². The first-order chi connectivity index (χ1) is 7.75. The van der Waals surface area contributed by atoms with Gasteiger partial charge in [-0.15, -0.1) is 0 Å².